The molecule has 0 unspecified atom stereocenters. The average molecular weight is 325 g/mol. The number of piperidine rings is 1. The van der Waals surface area contributed by atoms with Crippen molar-refractivity contribution in [1.29, 1.82) is 0 Å². The Labute approximate surface area is 131 Å². The fourth-order valence-corrected chi connectivity index (χ4v) is 3.57. The summed E-state index contributed by atoms with van der Waals surface area (Å²) < 4.78 is 24.6. The van der Waals surface area contributed by atoms with Crippen molar-refractivity contribution in [2.24, 2.45) is 0 Å². The summed E-state index contributed by atoms with van der Waals surface area (Å²) >= 11 is 0. The first-order chi connectivity index (χ1) is 10.4. The maximum absolute atomic E-state index is 12.1. The molecule has 1 aromatic carbocycles. The second-order valence-electron chi connectivity index (χ2n) is 5.57. The molecule has 2 amide bonds. The Morgan fingerprint density at radius 1 is 1.36 bits per heavy atom. The van der Waals surface area contributed by atoms with Crippen LogP contribution in [0.5, 0.6) is 0 Å². The molecule has 2 rings (SSSR count). The van der Waals surface area contributed by atoms with Crippen LogP contribution in [0.15, 0.2) is 24.3 Å². The van der Waals surface area contributed by atoms with Crippen LogP contribution in [0.4, 0.5) is 10.5 Å². The summed E-state index contributed by atoms with van der Waals surface area (Å²) in [7, 11) is -3.20. The van der Waals surface area contributed by atoms with Crippen LogP contribution in [0.1, 0.15) is 25.3 Å². The first-order valence-electron chi connectivity index (χ1n) is 7.50. The van der Waals surface area contributed by atoms with Crippen LogP contribution in [-0.2, 0) is 16.4 Å². The number of urea groups is 1. The van der Waals surface area contributed by atoms with Crippen LogP contribution in [0.2, 0.25) is 0 Å². The Morgan fingerprint density at radius 3 is 2.77 bits per heavy atom. The van der Waals surface area contributed by atoms with E-state index in [2.05, 4.69) is 10.6 Å². The van der Waals surface area contributed by atoms with Crippen LogP contribution in [0.3, 0.4) is 0 Å². The first kappa shape index (κ1) is 16.8. The number of nitrogens with one attached hydrogen (secondary N) is 2. The van der Waals surface area contributed by atoms with Gasteiger partial charge in [-0.1, -0.05) is 25.1 Å². The largest absolute Gasteiger partial charge is 0.334 e. The van der Waals surface area contributed by atoms with Gasteiger partial charge in [-0.25, -0.2) is 17.5 Å². The third-order valence-electron chi connectivity index (χ3n) is 3.83. The Hall–Kier alpha value is -1.60. The predicted molar refractivity (Wildman–Crippen MR) is 87.4 cm³/mol. The first-order valence-corrected chi connectivity index (χ1v) is 9.35. The number of aryl methyl sites for hydroxylation is 1. The van der Waals surface area contributed by atoms with Gasteiger partial charge in [-0.2, -0.15) is 0 Å². The van der Waals surface area contributed by atoms with Crippen LogP contribution >= 0.6 is 0 Å². The standard InChI is InChI=1S/C15H23N3O3S/c1-3-12-7-4-5-9-14(12)17-15(19)16-13-8-6-10-18(11-13)22(2,20)21/h4-5,7,9,13H,3,6,8,10-11H2,1-2H3,(H2,16,17,19)/t13-/m0/s1. The lowest BCUT2D eigenvalue weighted by atomic mass is 10.1. The highest BCUT2D eigenvalue weighted by Crippen LogP contribution is 2.16. The lowest BCUT2D eigenvalue weighted by Gasteiger charge is -2.31. The summed E-state index contributed by atoms with van der Waals surface area (Å²) in [5, 5.41) is 5.71. The van der Waals surface area contributed by atoms with Crippen molar-refractivity contribution in [2.45, 2.75) is 32.2 Å². The van der Waals surface area contributed by atoms with Gasteiger partial charge in [0.1, 0.15) is 0 Å². The molecule has 0 spiro atoms. The molecule has 0 saturated carbocycles. The molecule has 1 aliphatic heterocycles. The summed E-state index contributed by atoms with van der Waals surface area (Å²) in [5.74, 6) is 0. The lowest BCUT2D eigenvalue weighted by molar-refractivity contribution is 0.236. The van der Waals surface area contributed by atoms with E-state index < -0.39 is 10.0 Å². The van der Waals surface area contributed by atoms with Gasteiger partial charge >= 0.3 is 6.03 Å². The molecule has 1 aliphatic rings. The minimum absolute atomic E-state index is 0.155. The second-order valence-corrected chi connectivity index (χ2v) is 7.55. The van der Waals surface area contributed by atoms with Crippen molar-refractivity contribution in [3.8, 4) is 0 Å². The topological polar surface area (TPSA) is 78.5 Å². The summed E-state index contributed by atoms with van der Waals surface area (Å²) in [6.45, 7) is 2.89. The van der Waals surface area contributed by atoms with E-state index in [9.17, 15) is 13.2 Å². The monoisotopic (exact) mass is 325 g/mol. The maximum Gasteiger partial charge on any atom is 0.319 e. The maximum atomic E-state index is 12.1. The number of hydrogen-bond acceptors (Lipinski definition) is 3. The van der Waals surface area contributed by atoms with E-state index in [0.29, 0.717) is 13.1 Å². The molecule has 0 radical (unpaired) electrons. The molecule has 1 fully saturated rings. The summed E-state index contributed by atoms with van der Waals surface area (Å²) in [5.41, 5.74) is 1.86. The molecule has 22 heavy (non-hydrogen) atoms. The molecule has 1 heterocycles. The van der Waals surface area contributed by atoms with Crippen LogP contribution in [0.25, 0.3) is 0 Å². The molecule has 2 N–H and O–H groups in total. The van der Waals surface area contributed by atoms with Gasteiger partial charge in [0.05, 0.1) is 6.26 Å². The molecule has 1 saturated heterocycles. The van der Waals surface area contributed by atoms with Crippen molar-refractivity contribution in [3.63, 3.8) is 0 Å². The van der Waals surface area contributed by atoms with E-state index in [-0.39, 0.29) is 12.1 Å². The van der Waals surface area contributed by atoms with Gasteiger partial charge in [0.15, 0.2) is 0 Å². The summed E-state index contributed by atoms with van der Waals surface area (Å²) in [6, 6.07) is 7.20. The minimum atomic E-state index is -3.20. The smallest absolute Gasteiger partial charge is 0.319 e. The van der Waals surface area contributed by atoms with Gasteiger partial charge in [0.2, 0.25) is 10.0 Å². The molecule has 1 aromatic rings. The van der Waals surface area contributed by atoms with E-state index in [1.165, 1.54) is 10.6 Å². The Morgan fingerprint density at radius 2 is 2.09 bits per heavy atom. The number of nitrogens with zero attached hydrogens (tertiary/aromatic N) is 1. The van der Waals surface area contributed by atoms with Crippen molar-refractivity contribution in [2.75, 3.05) is 24.7 Å². The van der Waals surface area contributed by atoms with Crippen LogP contribution < -0.4 is 10.6 Å². The molecular weight excluding hydrogens is 302 g/mol. The number of benzene rings is 1. The third-order valence-corrected chi connectivity index (χ3v) is 5.10. The van der Waals surface area contributed by atoms with Gasteiger partial charge in [-0.15, -0.1) is 0 Å². The molecule has 6 nitrogen and oxygen atoms in total. The van der Waals surface area contributed by atoms with Crippen molar-refractivity contribution >= 4 is 21.7 Å². The zero-order valence-corrected chi connectivity index (χ0v) is 13.8. The highest BCUT2D eigenvalue weighted by atomic mass is 32.2. The van der Waals surface area contributed by atoms with Gasteiger partial charge < -0.3 is 10.6 Å². The van der Waals surface area contributed by atoms with E-state index in [1.807, 2.05) is 31.2 Å². The zero-order valence-electron chi connectivity index (χ0n) is 13.0. The van der Waals surface area contributed by atoms with Gasteiger partial charge in [0.25, 0.3) is 0 Å². The van der Waals surface area contributed by atoms with Crippen molar-refractivity contribution < 1.29 is 13.2 Å². The van der Waals surface area contributed by atoms with Crippen LogP contribution in [-0.4, -0.2) is 44.1 Å². The van der Waals surface area contributed by atoms with E-state index in [1.54, 1.807) is 0 Å². The Bertz CT molecular complexity index is 631. The number of rotatable bonds is 4. The molecule has 1 atom stereocenters. The number of anilines is 1. The van der Waals surface area contributed by atoms with Crippen LogP contribution in [0, 0.1) is 0 Å². The molecule has 0 aromatic heterocycles. The third kappa shape index (κ3) is 4.45. The van der Waals surface area contributed by atoms with E-state index in [0.717, 1.165) is 30.5 Å². The van der Waals surface area contributed by atoms with Crippen molar-refractivity contribution in [3.05, 3.63) is 29.8 Å². The van der Waals surface area contributed by atoms with Gasteiger partial charge in [-0.3, -0.25) is 0 Å². The SMILES string of the molecule is CCc1ccccc1NC(=O)N[C@H]1CCCN(S(C)(=O)=O)C1. The minimum Gasteiger partial charge on any atom is -0.334 e. The summed E-state index contributed by atoms with van der Waals surface area (Å²) in [6.07, 6.45) is 3.58. The highest BCUT2D eigenvalue weighted by Gasteiger charge is 2.26. The number of para-hydroxylation sites is 1. The van der Waals surface area contributed by atoms with E-state index >= 15 is 0 Å². The second kappa shape index (κ2) is 7.11. The molecule has 7 heteroatoms. The Balaban J connectivity index is 1.94. The normalized spacial score (nSPS) is 19.6. The highest BCUT2D eigenvalue weighted by molar-refractivity contribution is 7.88. The zero-order chi connectivity index (χ0) is 16.2. The molecule has 0 bridgehead atoms. The average Bonchev–Trinajstić information content (AvgIpc) is 2.47. The number of sulfonamides is 1. The van der Waals surface area contributed by atoms with E-state index in [4.69, 9.17) is 0 Å². The van der Waals surface area contributed by atoms with Crippen molar-refractivity contribution in [1.82, 2.24) is 9.62 Å². The fourth-order valence-electron chi connectivity index (χ4n) is 2.66. The molecular formula is C15H23N3O3S. The Kier molecular flexibility index (Phi) is 5.42. The number of amides is 2. The predicted octanol–water partition coefficient (Wildman–Crippen LogP) is 1.79. The van der Waals surface area contributed by atoms with Gasteiger partial charge in [0, 0.05) is 24.8 Å². The summed E-state index contributed by atoms with van der Waals surface area (Å²) in [4.78, 5) is 12.1. The van der Waals surface area contributed by atoms with Gasteiger partial charge in [-0.05, 0) is 30.9 Å². The lowest BCUT2D eigenvalue weighted by Crippen LogP contribution is -2.50. The molecule has 122 valence electrons. The molecule has 0 aliphatic carbocycles. The quantitative estimate of drug-likeness (QED) is 0.886. The number of carbonyl (C=O) groups is 1. The number of hydrogen-bond donors (Lipinski definition) is 2. The number of carbonyl (C=O) groups excluding carboxylic acids is 1. The fraction of sp³-hybridized carbons (Fsp3) is 0.533.